The zero-order chi connectivity index (χ0) is 15.7. The van der Waals surface area contributed by atoms with Gasteiger partial charge in [-0.05, 0) is 20.3 Å². The number of carbonyl (C=O) groups excluding carboxylic acids is 2. The number of nitrogens with one attached hydrogen (secondary N) is 3. The standard InChI is InChI=1S/C12H21N5O2S2/c1-4-6-7-14-11-16-17-12(21-11)20-8(3)9(18)15-10(19)13-5-2/h8H,4-7H2,1-3H3,(H,14,16)(H2,13,15,18,19). The van der Waals surface area contributed by atoms with Gasteiger partial charge in [0.25, 0.3) is 0 Å². The molecule has 0 aromatic carbocycles. The van der Waals surface area contributed by atoms with Gasteiger partial charge in [0.2, 0.25) is 11.0 Å². The van der Waals surface area contributed by atoms with E-state index in [0.717, 1.165) is 24.5 Å². The molecule has 0 aliphatic rings. The topological polar surface area (TPSA) is 96.0 Å². The van der Waals surface area contributed by atoms with Crippen molar-refractivity contribution in [3.8, 4) is 0 Å². The molecule has 3 N–H and O–H groups in total. The number of rotatable bonds is 8. The van der Waals surface area contributed by atoms with Crippen LogP contribution in [-0.4, -0.2) is 40.5 Å². The number of nitrogens with zero attached hydrogens (tertiary/aromatic N) is 2. The lowest BCUT2D eigenvalue weighted by Gasteiger charge is -2.09. The molecule has 9 heteroatoms. The van der Waals surface area contributed by atoms with E-state index in [1.54, 1.807) is 13.8 Å². The fourth-order valence-corrected chi connectivity index (χ4v) is 3.25. The highest BCUT2D eigenvalue weighted by atomic mass is 32.2. The highest BCUT2D eigenvalue weighted by molar-refractivity contribution is 8.02. The molecule has 0 saturated carbocycles. The Morgan fingerprint density at radius 3 is 2.76 bits per heavy atom. The fraction of sp³-hybridized carbons (Fsp3) is 0.667. The first-order chi connectivity index (χ1) is 10.1. The molecule has 0 aliphatic carbocycles. The number of unbranched alkanes of at least 4 members (excludes halogenated alkanes) is 1. The van der Waals surface area contributed by atoms with Crippen LogP contribution in [-0.2, 0) is 4.79 Å². The second-order valence-electron chi connectivity index (χ2n) is 4.26. The molecular formula is C12H21N5O2S2. The van der Waals surface area contributed by atoms with Crippen LogP contribution >= 0.6 is 23.1 Å². The Balaban J connectivity index is 2.41. The van der Waals surface area contributed by atoms with Crippen molar-refractivity contribution in [3.63, 3.8) is 0 Å². The highest BCUT2D eigenvalue weighted by Gasteiger charge is 2.18. The van der Waals surface area contributed by atoms with Crippen LogP contribution in [0.2, 0.25) is 0 Å². The van der Waals surface area contributed by atoms with Crippen LogP contribution in [0.5, 0.6) is 0 Å². The van der Waals surface area contributed by atoms with E-state index < -0.39 is 11.3 Å². The monoisotopic (exact) mass is 331 g/mol. The van der Waals surface area contributed by atoms with Gasteiger partial charge >= 0.3 is 6.03 Å². The second kappa shape index (κ2) is 9.56. The molecule has 0 radical (unpaired) electrons. The summed E-state index contributed by atoms with van der Waals surface area (Å²) in [6.07, 6.45) is 2.19. The molecule has 3 amide bonds. The van der Waals surface area contributed by atoms with Gasteiger partial charge < -0.3 is 10.6 Å². The van der Waals surface area contributed by atoms with E-state index in [1.165, 1.54) is 23.1 Å². The highest BCUT2D eigenvalue weighted by Crippen LogP contribution is 2.28. The molecule has 0 saturated heterocycles. The van der Waals surface area contributed by atoms with Crippen molar-refractivity contribution < 1.29 is 9.59 Å². The SMILES string of the molecule is CCCCNc1nnc(SC(C)C(=O)NC(=O)NCC)s1. The van der Waals surface area contributed by atoms with E-state index in [2.05, 4.69) is 33.1 Å². The molecule has 0 bridgehead atoms. The Morgan fingerprint density at radius 1 is 1.33 bits per heavy atom. The molecule has 118 valence electrons. The number of imide groups is 1. The van der Waals surface area contributed by atoms with Crippen LogP contribution in [0.4, 0.5) is 9.93 Å². The van der Waals surface area contributed by atoms with Crippen LogP contribution in [0.25, 0.3) is 0 Å². The normalized spacial score (nSPS) is 11.8. The Labute approximate surface area is 132 Å². The lowest BCUT2D eigenvalue weighted by molar-refractivity contribution is -0.119. The molecule has 21 heavy (non-hydrogen) atoms. The number of aromatic nitrogens is 2. The fourth-order valence-electron chi connectivity index (χ4n) is 1.32. The number of thioether (sulfide) groups is 1. The maximum Gasteiger partial charge on any atom is 0.321 e. The second-order valence-corrected chi connectivity index (χ2v) is 6.83. The average molecular weight is 331 g/mol. The molecule has 1 rings (SSSR count). The van der Waals surface area contributed by atoms with Crippen LogP contribution in [0.3, 0.4) is 0 Å². The summed E-state index contributed by atoms with van der Waals surface area (Å²) < 4.78 is 0.701. The number of hydrogen-bond donors (Lipinski definition) is 3. The van der Waals surface area contributed by atoms with Crippen LogP contribution < -0.4 is 16.0 Å². The third-order valence-corrected chi connectivity index (χ3v) is 4.50. The predicted molar refractivity (Wildman–Crippen MR) is 85.8 cm³/mol. The molecule has 0 fully saturated rings. The van der Waals surface area contributed by atoms with Gasteiger partial charge in [-0.3, -0.25) is 10.1 Å². The van der Waals surface area contributed by atoms with Crippen molar-refractivity contribution in [1.82, 2.24) is 20.8 Å². The zero-order valence-electron chi connectivity index (χ0n) is 12.4. The Bertz CT molecular complexity index is 466. The zero-order valence-corrected chi connectivity index (χ0v) is 14.1. The molecule has 1 atom stereocenters. The maximum absolute atomic E-state index is 11.8. The van der Waals surface area contributed by atoms with Gasteiger partial charge in [-0.2, -0.15) is 0 Å². The van der Waals surface area contributed by atoms with Gasteiger partial charge in [-0.25, -0.2) is 4.79 Å². The van der Waals surface area contributed by atoms with Gasteiger partial charge in [-0.15, -0.1) is 10.2 Å². The van der Waals surface area contributed by atoms with Crippen molar-refractivity contribution in [2.24, 2.45) is 0 Å². The third kappa shape index (κ3) is 6.76. The largest absolute Gasteiger partial charge is 0.360 e. The smallest absolute Gasteiger partial charge is 0.321 e. The van der Waals surface area contributed by atoms with Gasteiger partial charge in [0.1, 0.15) is 0 Å². The summed E-state index contributed by atoms with van der Waals surface area (Å²) in [6, 6.07) is -0.478. The maximum atomic E-state index is 11.8. The van der Waals surface area contributed by atoms with E-state index in [1.807, 2.05) is 0 Å². The summed E-state index contributed by atoms with van der Waals surface area (Å²) in [5, 5.41) is 16.4. The van der Waals surface area contributed by atoms with E-state index in [0.29, 0.717) is 10.9 Å². The summed E-state index contributed by atoms with van der Waals surface area (Å²) in [6.45, 7) is 6.98. The minimum atomic E-state index is -0.478. The molecule has 1 aromatic heterocycles. The lowest BCUT2D eigenvalue weighted by atomic mass is 10.3. The third-order valence-electron chi connectivity index (χ3n) is 2.43. The summed E-state index contributed by atoms with van der Waals surface area (Å²) in [7, 11) is 0. The molecule has 0 spiro atoms. The number of amides is 3. The quantitative estimate of drug-likeness (QED) is 0.498. The first kappa shape index (κ1) is 17.7. The molecule has 0 aliphatic heterocycles. The first-order valence-corrected chi connectivity index (χ1v) is 8.59. The number of anilines is 1. The van der Waals surface area contributed by atoms with Crippen molar-refractivity contribution >= 4 is 40.2 Å². The van der Waals surface area contributed by atoms with E-state index in [9.17, 15) is 9.59 Å². The predicted octanol–water partition coefficient (Wildman–Crippen LogP) is 2.08. The first-order valence-electron chi connectivity index (χ1n) is 6.89. The summed E-state index contributed by atoms with van der Waals surface area (Å²) in [5.74, 6) is -0.346. The minimum absolute atomic E-state index is 0.346. The van der Waals surface area contributed by atoms with Gasteiger partial charge in [0.15, 0.2) is 4.34 Å². The van der Waals surface area contributed by atoms with E-state index >= 15 is 0 Å². The number of urea groups is 1. The Kier molecular flexibility index (Phi) is 8.06. The van der Waals surface area contributed by atoms with Crippen LogP contribution in [0.1, 0.15) is 33.6 Å². The minimum Gasteiger partial charge on any atom is -0.360 e. The molecule has 1 aromatic rings. The number of hydrogen-bond acceptors (Lipinski definition) is 7. The lowest BCUT2D eigenvalue weighted by Crippen LogP contribution is -2.42. The summed E-state index contributed by atoms with van der Waals surface area (Å²) >= 11 is 2.69. The molecule has 1 heterocycles. The molecular weight excluding hydrogens is 310 g/mol. The Hall–Kier alpha value is -1.35. The van der Waals surface area contributed by atoms with Crippen molar-refractivity contribution in [3.05, 3.63) is 0 Å². The van der Waals surface area contributed by atoms with Crippen molar-refractivity contribution in [2.45, 2.75) is 43.2 Å². The molecule has 7 nitrogen and oxygen atoms in total. The van der Waals surface area contributed by atoms with Crippen molar-refractivity contribution in [1.29, 1.82) is 0 Å². The van der Waals surface area contributed by atoms with Crippen LogP contribution in [0.15, 0.2) is 4.34 Å². The van der Waals surface area contributed by atoms with Gasteiger partial charge in [0.05, 0.1) is 5.25 Å². The van der Waals surface area contributed by atoms with Crippen molar-refractivity contribution in [2.75, 3.05) is 18.4 Å². The average Bonchev–Trinajstić information content (AvgIpc) is 2.86. The van der Waals surface area contributed by atoms with Gasteiger partial charge in [0, 0.05) is 13.1 Å². The van der Waals surface area contributed by atoms with E-state index in [4.69, 9.17) is 0 Å². The number of carbonyl (C=O) groups is 2. The molecule has 1 unspecified atom stereocenters. The van der Waals surface area contributed by atoms with Crippen LogP contribution in [0, 0.1) is 0 Å². The summed E-state index contributed by atoms with van der Waals surface area (Å²) in [4.78, 5) is 23.1. The Morgan fingerprint density at radius 2 is 2.10 bits per heavy atom. The summed E-state index contributed by atoms with van der Waals surface area (Å²) in [5.41, 5.74) is 0. The van der Waals surface area contributed by atoms with E-state index in [-0.39, 0.29) is 5.91 Å². The van der Waals surface area contributed by atoms with Gasteiger partial charge in [-0.1, -0.05) is 36.4 Å².